The largest absolute Gasteiger partial charge is 0.466 e. The molecule has 0 aliphatic heterocycles. The lowest BCUT2D eigenvalue weighted by molar-refractivity contribution is 0.155. The van der Waals surface area contributed by atoms with E-state index < -0.39 is 0 Å². The van der Waals surface area contributed by atoms with Crippen LogP contribution in [0, 0.1) is 0 Å². The van der Waals surface area contributed by atoms with Gasteiger partial charge in [-0.05, 0) is 42.3 Å². The van der Waals surface area contributed by atoms with Gasteiger partial charge >= 0.3 is 0 Å². The fourth-order valence-corrected chi connectivity index (χ4v) is 2.01. The minimum atomic E-state index is -0.258. The van der Waals surface area contributed by atoms with Crippen molar-refractivity contribution >= 4 is 15.9 Å². The van der Waals surface area contributed by atoms with E-state index >= 15 is 0 Å². The van der Waals surface area contributed by atoms with Gasteiger partial charge in [-0.3, -0.25) is 5.32 Å². The number of halogens is 1. The van der Waals surface area contributed by atoms with Gasteiger partial charge in [0.25, 0.3) is 0 Å². The Hall–Kier alpha value is -0.320. The Labute approximate surface area is 99.0 Å². The predicted octanol–water partition coefficient (Wildman–Crippen LogP) is 2.85. The van der Waals surface area contributed by atoms with Crippen molar-refractivity contribution in [2.24, 2.45) is 0 Å². The van der Waals surface area contributed by atoms with Crippen LogP contribution in [0.25, 0.3) is 0 Å². The molecule has 1 aromatic rings. The quantitative estimate of drug-likeness (QED) is 0.869. The van der Waals surface area contributed by atoms with Crippen LogP contribution in [0.3, 0.4) is 0 Å². The van der Waals surface area contributed by atoms with Gasteiger partial charge in [-0.15, -0.1) is 0 Å². The third-order valence-electron chi connectivity index (χ3n) is 2.73. The molecule has 0 spiro atoms. The summed E-state index contributed by atoms with van der Waals surface area (Å²) in [6.45, 7) is 6.19. The summed E-state index contributed by atoms with van der Waals surface area (Å²) in [6.07, 6.45) is 2.52. The van der Waals surface area contributed by atoms with E-state index in [4.69, 9.17) is 4.42 Å². The van der Waals surface area contributed by atoms with Crippen LogP contribution < -0.4 is 5.32 Å². The second kappa shape index (κ2) is 5.14. The van der Waals surface area contributed by atoms with E-state index in [1.807, 2.05) is 26.8 Å². The zero-order chi connectivity index (χ0) is 11.5. The number of aliphatic hydroxyl groups excluding tert-OH is 1. The first kappa shape index (κ1) is 12.7. The van der Waals surface area contributed by atoms with Gasteiger partial charge in [0.2, 0.25) is 0 Å². The molecule has 0 aliphatic rings. The Balaban J connectivity index is 2.71. The van der Waals surface area contributed by atoms with Crippen LogP contribution in [0.5, 0.6) is 0 Å². The van der Waals surface area contributed by atoms with E-state index in [1.54, 1.807) is 6.26 Å². The maximum Gasteiger partial charge on any atom is 0.134 e. The Kier molecular flexibility index (Phi) is 4.37. The van der Waals surface area contributed by atoms with E-state index in [0.29, 0.717) is 0 Å². The van der Waals surface area contributed by atoms with Crippen molar-refractivity contribution in [2.45, 2.75) is 38.8 Å². The first-order chi connectivity index (χ1) is 7.02. The van der Waals surface area contributed by atoms with Crippen molar-refractivity contribution in [1.29, 1.82) is 0 Å². The number of furan rings is 1. The van der Waals surface area contributed by atoms with Crippen LogP contribution in [-0.2, 0) is 0 Å². The molecule has 15 heavy (non-hydrogen) atoms. The number of aliphatic hydroxyl groups is 1. The van der Waals surface area contributed by atoms with Crippen molar-refractivity contribution in [1.82, 2.24) is 5.32 Å². The molecule has 1 rings (SSSR count). The molecule has 1 heterocycles. The predicted molar refractivity (Wildman–Crippen MR) is 63.7 cm³/mol. The minimum Gasteiger partial charge on any atom is -0.466 e. The third-order valence-corrected chi connectivity index (χ3v) is 3.39. The normalized spacial score (nSPS) is 17.4. The van der Waals surface area contributed by atoms with Crippen molar-refractivity contribution in [3.63, 3.8) is 0 Å². The Morgan fingerprint density at radius 2 is 2.33 bits per heavy atom. The Bertz CT molecular complexity index is 307. The number of hydrogen-bond acceptors (Lipinski definition) is 3. The summed E-state index contributed by atoms with van der Waals surface area (Å²) in [6, 6.07) is 1.95. The maximum atomic E-state index is 9.30. The summed E-state index contributed by atoms with van der Waals surface area (Å²) in [5.41, 5.74) is -0.258. The third kappa shape index (κ3) is 3.06. The Morgan fingerprint density at radius 3 is 2.73 bits per heavy atom. The zero-order valence-corrected chi connectivity index (χ0v) is 11.0. The average Bonchev–Trinajstić information content (AvgIpc) is 2.64. The standard InChI is InChI=1S/C11H18BrNO2/c1-4-11(3,7-14)13-8(2)10-9(12)5-6-15-10/h5-6,8,13-14H,4,7H2,1-3H3. The van der Waals surface area contributed by atoms with E-state index in [2.05, 4.69) is 21.2 Å². The number of rotatable bonds is 5. The molecule has 0 amide bonds. The van der Waals surface area contributed by atoms with Crippen LogP contribution in [0.4, 0.5) is 0 Å². The fraction of sp³-hybridized carbons (Fsp3) is 0.636. The molecule has 0 saturated heterocycles. The summed E-state index contributed by atoms with van der Waals surface area (Å²) in [7, 11) is 0. The molecule has 1 aromatic heterocycles. The van der Waals surface area contributed by atoms with Gasteiger partial charge in [-0.25, -0.2) is 0 Å². The molecule has 0 aromatic carbocycles. The van der Waals surface area contributed by atoms with Crippen molar-refractivity contribution in [2.75, 3.05) is 6.61 Å². The summed E-state index contributed by atoms with van der Waals surface area (Å²) in [5, 5.41) is 12.7. The van der Waals surface area contributed by atoms with Crippen molar-refractivity contribution in [3.05, 3.63) is 22.6 Å². The molecule has 0 radical (unpaired) electrons. The molecule has 4 heteroatoms. The van der Waals surface area contributed by atoms with Gasteiger partial charge in [-0.1, -0.05) is 6.92 Å². The molecule has 0 fully saturated rings. The first-order valence-corrected chi connectivity index (χ1v) is 5.93. The number of nitrogens with one attached hydrogen (secondary N) is 1. The highest BCUT2D eigenvalue weighted by Crippen LogP contribution is 2.26. The molecule has 0 saturated carbocycles. The average molecular weight is 276 g/mol. The molecular formula is C11H18BrNO2. The first-order valence-electron chi connectivity index (χ1n) is 5.14. The molecule has 0 aliphatic carbocycles. The molecule has 2 unspecified atom stereocenters. The van der Waals surface area contributed by atoms with E-state index in [0.717, 1.165) is 16.7 Å². The van der Waals surface area contributed by atoms with Gasteiger partial charge < -0.3 is 9.52 Å². The second-order valence-corrected chi connectivity index (χ2v) is 4.93. The summed E-state index contributed by atoms with van der Waals surface area (Å²) < 4.78 is 6.33. The van der Waals surface area contributed by atoms with Gasteiger partial charge in [-0.2, -0.15) is 0 Å². The van der Waals surface area contributed by atoms with Crippen LogP contribution in [0.1, 0.15) is 39.0 Å². The van der Waals surface area contributed by atoms with Gasteiger partial charge in [0, 0.05) is 5.54 Å². The molecule has 2 N–H and O–H groups in total. The zero-order valence-electron chi connectivity index (χ0n) is 9.38. The summed E-state index contributed by atoms with van der Waals surface area (Å²) >= 11 is 3.42. The highest BCUT2D eigenvalue weighted by atomic mass is 79.9. The van der Waals surface area contributed by atoms with Crippen LogP contribution in [0.2, 0.25) is 0 Å². The maximum absolute atomic E-state index is 9.30. The lowest BCUT2D eigenvalue weighted by atomic mass is 9.98. The minimum absolute atomic E-state index is 0.0754. The molecule has 0 bridgehead atoms. The number of hydrogen-bond donors (Lipinski definition) is 2. The molecule has 2 atom stereocenters. The van der Waals surface area contributed by atoms with Gasteiger partial charge in [0.1, 0.15) is 5.76 Å². The van der Waals surface area contributed by atoms with E-state index in [1.165, 1.54) is 0 Å². The Morgan fingerprint density at radius 1 is 1.67 bits per heavy atom. The highest BCUT2D eigenvalue weighted by molar-refractivity contribution is 9.10. The van der Waals surface area contributed by atoms with Crippen molar-refractivity contribution in [3.8, 4) is 0 Å². The van der Waals surface area contributed by atoms with Crippen molar-refractivity contribution < 1.29 is 9.52 Å². The van der Waals surface area contributed by atoms with Gasteiger partial charge in [0.05, 0.1) is 23.4 Å². The monoisotopic (exact) mass is 275 g/mol. The summed E-state index contributed by atoms with van der Waals surface area (Å²) in [5.74, 6) is 0.864. The van der Waals surface area contributed by atoms with E-state index in [9.17, 15) is 5.11 Å². The SMILES string of the molecule is CCC(C)(CO)NC(C)c1occc1Br. The topological polar surface area (TPSA) is 45.4 Å². The lowest BCUT2D eigenvalue weighted by Crippen LogP contribution is -2.46. The molecular weight excluding hydrogens is 258 g/mol. The second-order valence-electron chi connectivity index (χ2n) is 4.07. The molecule has 3 nitrogen and oxygen atoms in total. The van der Waals surface area contributed by atoms with Crippen LogP contribution in [-0.4, -0.2) is 17.3 Å². The highest BCUT2D eigenvalue weighted by Gasteiger charge is 2.25. The smallest absolute Gasteiger partial charge is 0.134 e. The molecule has 86 valence electrons. The van der Waals surface area contributed by atoms with Gasteiger partial charge in [0.15, 0.2) is 0 Å². The van der Waals surface area contributed by atoms with Crippen LogP contribution >= 0.6 is 15.9 Å². The lowest BCUT2D eigenvalue weighted by Gasteiger charge is -2.30. The van der Waals surface area contributed by atoms with Crippen LogP contribution in [0.15, 0.2) is 21.2 Å². The van der Waals surface area contributed by atoms with E-state index in [-0.39, 0.29) is 18.2 Å². The summed E-state index contributed by atoms with van der Waals surface area (Å²) in [4.78, 5) is 0. The fourth-order valence-electron chi connectivity index (χ4n) is 1.46.